The first-order chi connectivity index (χ1) is 7.54. The normalized spacial score (nSPS) is 12.2. The van der Waals surface area contributed by atoms with Gasteiger partial charge in [0.25, 0.3) is 0 Å². The highest BCUT2D eigenvalue weighted by Gasteiger charge is 2.15. The molecule has 0 spiro atoms. The first-order valence-corrected chi connectivity index (χ1v) is 5.68. The number of ether oxygens (including phenoxy) is 1. The van der Waals surface area contributed by atoms with E-state index in [1.54, 1.807) is 6.92 Å². The highest BCUT2D eigenvalue weighted by atomic mass is 32.1. The van der Waals surface area contributed by atoms with Crippen LogP contribution in [0.15, 0.2) is 23.1 Å². The summed E-state index contributed by atoms with van der Waals surface area (Å²) >= 11 is 4.05. The largest absolute Gasteiger partial charge is 0.459 e. The van der Waals surface area contributed by atoms with Gasteiger partial charge in [-0.3, -0.25) is 0 Å². The summed E-state index contributed by atoms with van der Waals surface area (Å²) in [5, 5.41) is 0. The van der Waals surface area contributed by atoms with E-state index in [9.17, 15) is 9.18 Å². The van der Waals surface area contributed by atoms with Gasteiger partial charge in [-0.2, -0.15) is 0 Å². The van der Waals surface area contributed by atoms with Crippen molar-refractivity contribution in [2.45, 2.75) is 37.7 Å². The lowest BCUT2D eigenvalue weighted by Gasteiger charge is -2.12. The van der Waals surface area contributed by atoms with Crippen LogP contribution in [0.25, 0.3) is 0 Å². The first kappa shape index (κ1) is 13.0. The summed E-state index contributed by atoms with van der Waals surface area (Å²) in [6.07, 6.45) is 1.50. The zero-order chi connectivity index (χ0) is 12.1. The summed E-state index contributed by atoms with van der Waals surface area (Å²) in [6, 6.07) is 4.08. The van der Waals surface area contributed by atoms with E-state index in [4.69, 9.17) is 4.74 Å². The van der Waals surface area contributed by atoms with Gasteiger partial charge in [0.1, 0.15) is 5.82 Å². The van der Waals surface area contributed by atoms with E-state index in [2.05, 4.69) is 12.6 Å². The number of carbonyl (C=O) groups excluding carboxylic acids is 1. The molecule has 2 nitrogen and oxygen atoms in total. The first-order valence-electron chi connectivity index (χ1n) is 5.24. The fraction of sp³-hybridized carbons (Fsp3) is 0.417. The van der Waals surface area contributed by atoms with Gasteiger partial charge in [0.15, 0.2) is 0 Å². The maximum atomic E-state index is 13.3. The Morgan fingerprint density at radius 1 is 1.56 bits per heavy atom. The molecular formula is C12H15FO2S. The van der Waals surface area contributed by atoms with E-state index in [0.717, 1.165) is 12.8 Å². The van der Waals surface area contributed by atoms with Crippen molar-refractivity contribution in [3.8, 4) is 0 Å². The molecule has 0 aromatic heterocycles. The molecule has 0 N–H and O–H groups in total. The molecule has 0 saturated heterocycles. The van der Waals surface area contributed by atoms with Gasteiger partial charge in [-0.1, -0.05) is 13.3 Å². The van der Waals surface area contributed by atoms with Gasteiger partial charge < -0.3 is 4.74 Å². The van der Waals surface area contributed by atoms with E-state index >= 15 is 0 Å². The predicted octanol–water partition coefficient (Wildman–Crippen LogP) is 3.46. The van der Waals surface area contributed by atoms with Crippen molar-refractivity contribution in [3.05, 3.63) is 29.6 Å². The number of halogens is 1. The molecule has 4 heteroatoms. The Kier molecular flexibility index (Phi) is 4.80. The third-order valence-corrected chi connectivity index (χ3v) is 2.45. The lowest BCUT2D eigenvalue weighted by Crippen LogP contribution is -2.15. The molecular weight excluding hydrogens is 227 g/mol. The lowest BCUT2D eigenvalue weighted by atomic mass is 10.2. The van der Waals surface area contributed by atoms with Gasteiger partial charge in [-0.15, -0.1) is 12.6 Å². The third kappa shape index (κ3) is 3.52. The second kappa shape index (κ2) is 5.89. The summed E-state index contributed by atoms with van der Waals surface area (Å²) in [6.45, 7) is 3.79. The van der Waals surface area contributed by atoms with Gasteiger partial charge in [0, 0.05) is 4.90 Å². The molecule has 1 unspecified atom stereocenters. The average Bonchev–Trinajstić information content (AvgIpc) is 2.21. The van der Waals surface area contributed by atoms with Crippen LogP contribution in [-0.2, 0) is 4.74 Å². The number of esters is 1. The molecule has 0 bridgehead atoms. The minimum atomic E-state index is -0.630. The summed E-state index contributed by atoms with van der Waals surface area (Å²) in [5.41, 5.74) is -0.0598. The fourth-order valence-corrected chi connectivity index (χ4v) is 1.58. The molecule has 1 rings (SSSR count). The van der Waals surface area contributed by atoms with E-state index in [-0.39, 0.29) is 11.7 Å². The predicted molar refractivity (Wildman–Crippen MR) is 63.4 cm³/mol. The highest BCUT2D eigenvalue weighted by molar-refractivity contribution is 7.80. The SMILES string of the molecule is CCCC(C)OC(=O)c1cc(S)ccc1F. The van der Waals surface area contributed by atoms with Crippen molar-refractivity contribution in [1.29, 1.82) is 0 Å². The van der Waals surface area contributed by atoms with Gasteiger partial charge in [0.05, 0.1) is 11.7 Å². The van der Waals surface area contributed by atoms with Gasteiger partial charge >= 0.3 is 5.97 Å². The van der Waals surface area contributed by atoms with E-state index < -0.39 is 11.8 Å². The molecule has 0 radical (unpaired) electrons. The molecule has 0 amide bonds. The Bertz CT molecular complexity index is 379. The van der Waals surface area contributed by atoms with Crippen molar-refractivity contribution in [1.82, 2.24) is 0 Å². The van der Waals surface area contributed by atoms with Crippen LogP contribution < -0.4 is 0 Å². The smallest absolute Gasteiger partial charge is 0.341 e. The summed E-state index contributed by atoms with van der Waals surface area (Å²) in [5.74, 6) is -1.21. The van der Waals surface area contributed by atoms with Crippen molar-refractivity contribution in [2.75, 3.05) is 0 Å². The molecule has 0 aliphatic carbocycles. The molecule has 0 heterocycles. The van der Waals surface area contributed by atoms with Crippen molar-refractivity contribution < 1.29 is 13.9 Å². The second-order valence-corrected chi connectivity index (χ2v) is 4.19. The minimum Gasteiger partial charge on any atom is -0.459 e. The summed E-state index contributed by atoms with van der Waals surface area (Å²) in [4.78, 5) is 12.1. The van der Waals surface area contributed by atoms with Crippen LogP contribution in [0.1, 0.15) is 37.0 Å². The quantitative estimate of drug-likeness (QED) is 0.646. The van der Waals surface area contributed by atoms with Crippen LogP contribution in [0.2, 0.25) is 0 Å². The maximum absolute atomic E-state index is 13.3. The Morgan fingerprint density at radius 2 is 2.25 bits per heavy atom. The van der Waals surface area contributed by atoms with Crippen molar-refractivity contribution >= 4 is 18.6 Å². The van der Waals surface area contributed by atoms with Gasteiger partial charge in [0.2, 0.25) is 0 Å². The molecule has 1 aromatic carbocycles. The topological polar surface area (TPSA) is 26.3 Å². The molecule has 0 saturated carbocycles. The second-order valence-electron chi connectivity index (χ2n) is 3.67. The van der Waals surface area contributed by atoms with Crippen LogP contribution in [0.4, 0.5) is 4.39 Å². The van der Waals surface area contributed by atoms with Crippen molar-refractivity contribution in [2.24, 2.45) is 0 Å². The van der Waals surface area contributed by atoms with Crippen LogP contribution in [0.3, 0.4) is 0 Å². The molecule has 0 aliphatic heterocycles. The summed E-state index contributed by atoms with van der Waals surface area (Å²) in [7, 11) is 0. The molecule has 88 valence electrons. The van der Waals surface area contributed by atoms with Crippen LogP contribution in [0.5, 0.6) is 0 Å². The minimum absolute atomic E-state index is 0.0598. The fourth-order valence-electron chi connectivity index (χ4n) is 1.38. The Morgan fingerprint density at radius 3 is 2.88 bits per heavy atom. The van der Waals surface area contributed by atoms with E-state index in [1.807, 2.05) is 6.92 Å². The average molecular weight is 242 g/mol. The van der Waals surface area contributed by atoms with Gasteiger partial charge in [-0.25, -0.2) is 9.18 Å². The van der Waals surface area contributed by atoms with E-state index in [1.165, 1.54) is 18.2 Å². The standard InChI is InChI=1S/C12H15FO2S/c1-3-4-8(2)15-12(14)10-7-9(16)5-6-11(10)13/h5-8,16H,3-4H2,1-2H3. The number of thiol groups is 1. The number of carbonyl (C=O) groups is 1. The van der Waals surface area contributed by atoms with Crippen molar-refractivity contribution in [3.63, 3.8) is 0 Å². The number of rotatable bonds is 4. The van der Waals surface area contributed by atoms with Crippen LogP contribution in [-0.4, -0.2) is 12.1 Å². The number of benzene rings is 1. The molecule has 0 aliphatic rings. The van der Waals surface area contributed by atoms with E-state index in [0.29, 0.717) is 4.90 Å². The third-order valence-electron chi connectivity index (χ3n) is 2.17. The molecule has 0 fully saturated rings. The van der Waals surface area contributed by atoms with Crippen LogP contribution in [0, 0.1) is 5.82 Å². The zero-order valence-electron chi connectivity index (χ0n) is 9.37. The Labute approximate surface area is 100 Å². The Hall–Kier alpha value is -1.03. The monoisotopic (exact) mass is 242 g/mol. The molecule has 1 aromatic rings. The van der Waals surface area contributed by atoms with Gasteiger partial charge in [-0.05, 0) is 31.5 Å². The summed E-state index contributed by atoms with van der Waals surface area (Å²) < 4.78 is 18.4. The van der Waals surface area contributed by atoms with Crippen LogP contribution >= 0.6 is 12.6 Å². The Balaban J connectivity index is 2.76. The number of hydrogen-bond donors (Lipinski definition) is 1. The molecule has 16 heavy (non-hydrogen) atoms. The molecule has 1 atom stereocenters. The highest BCUT2D eigenvalue weighted by Crippen LogP contribution is 2.15. The maximum Gasteiger partial charge on any atom is 0.341 e. The zero-order valence-corrected chi connectivity index (χ0v) is 10.3. The number of hydrogen-bond acceptors (Lipinski definition) is 3. The lowest BCUT2D eigenvalue weighted by molar-refractivity contribution is 0.0318.